The first kappa shape index (κ1) is 11.4. The van der Waals surface area contributed by atoms with Gasteiger partial charge in [-0.05, 0) is 37.5 Å². The van der Waals surface area contributed by atoms with Crippen LogP contribution in [0.4, 0.5) is 10.1 Å². The van der Waals surface area contributed by atoms with Gasteiger partial charge in [-0.15, -0.1) is 0 Å². The highest BCUT2D eigenvalue weighted by Gasteiger charge is 2.39. The van der Waals surface area contributed by atoms with E-state index in [1.165, 1.54) is 23.5 Å². The molecule has 0 aliphatic heterocycles. The Morgan fingerprint density at radius 2 is 2.00 bits per heavy atom. The molecular weight excluding hydrogens is 229 g/mol. The second kappa shape index (κ2) is 3.73. The minimum atomic E-state index is -3.29. The van der Waals surface area contributed by atoms with E-state index in [0.29, 0.717) is 18.5 Å². The lowest BCUT2D eigenvalue weighted by atomic mass is 10.2. The highest BCUT2D eigenvalue weighted by Crippen LogP contribution is 2.33. The zero-order valence-electron chi connectivity index (χ0n) is 9.27. The Balaban J connectivity index is 2.40. The van der Waals surface area contributed by atoms with E-state index in [1.54, 1.807) is 13.0 Å². The summed E-state index contributed by atoms with van der Waals surface area (Å²) in [6, 6.07) is 4.18. The second-order valence-corrected chi connectivity index (χ2v) is 6.39. The molecule has 3 nitrogen and oxygen atoms in total. The van der Waals surface area contributed by atoms with Crippen LogP contribution >= 0.6 is 0 Å². The van der Waals surface area contributed by atoms with Crippen LogP contribution in [0.25, 0.3) is 0 Å². The molecule has 5 heteroatoms. The fraction of sp³-hybridized carbons (Fsp3) is 0.455. The first-order valence-corrected chi connectivity index (χ1v) is 6.67. The molecule has 0 atom stereocenters. The lowest BCUT2D eigenvalue weighted by molar-refractivity contribution is 0.592. The third-order valence-corrected chi connectivity index (χ3v) is 5.11. The van der Waals surface area contributed by atoms with Crippen LogP contribution in [0.2, 0.25) is 0 Å². The number of anilines is 1. The zero-order chi connectivity index (χ0) is 11.9. The Morgan fingerprint density at radius 1 is 1.38 bits per heavy atom. The van der Waals surface area contributed by atoms with E-state index in [1.807, 2.05) is 0 Å². The monoisotopic (exact) mass is 243 g/mol. The molecule has 0 spiro atoms. The maximum atomic E-state index is 13.1. The standard InChI is InChI=1S/C11H14FNO2S/c1-8-3-4-9(12)7-11(8)13(2)16(14,15)10-5-6-10/h3-4,7,10H,5-6H2,1-2H3. The molecular formula is C11H14FNO2S. The van der Waals surface area contributed by atoms with Crippen LogP contribution in [0, 0.1) is 12.7 Å². The molecule has 0 N–H and O–H groups in total. The Kier molecular flexibility index (Phi) is 2.66. The Labute approximate surface area is 94.9 Å². The summed E-state index contributed by atoms with van der Waals surface area (Å²) >= 11 is 0. The van der Waals surface area contributed by atoms with Crippen molar-refractivity contribution in [3.8, 4) is 0 Å². The summed E-state index contributed by atoms with van der Waals surface area (Å²) < 4.78 is 38.2. The summed E-state index contributed by atoms with van der Waals surface area (Å²) in [5, 5.41) is -0.278. The number of benzene rings is 1. The van der Waals surface area contributed by atoms with Gasteiger partial charge in [0.15, 0.2) is 0 Å². The molecule has 1 aromatic carbocycles. The van der Waals surface area contributed by atoms with E-state index in [2.05, 4.69) is 0 Å². The minimum absolute atomic E-state index is 0.278. The van der Waals surface area contributed by atoms with Crippen LogP contribution < -0.4 is 4.31 Å². The van der Waals surface area contributed by atoms with Crippen LogP contribution in [-0.2, 0) is 10.0 Å². The largest absolute Gasteiger partial charge is 0.273 e. The third kappa shape index (κ3) is 1.91. The number of halogens is 1. The van der Waals surface area contributed by atoms with Crippen LogP contribution in [0.5, 0.6) is 0 Å². The van der Waals surface area contributed by atoms with E-state index in [-0.39, 0.29) is 5.25 Å². The average molecular weight is 243 g/mol. The van der Waals surface area contributed by atoms with Crippen LogP contribution in [0.3, 0.4) is 0 Å². The Bertz CT molecular complexity index is 509. The fourth-order valence-corrected chi connectivity index (χ4v) is 3.30. The van der Waals surface area contributed by atoms with Crippen molar-refractivity contribution in [3.63, 3.8) is 0 Å². The number of hydrogen-bond donors (Lipinski definition) is 0. The van der Waals surface area contributed by atoms with Crippen molar-refractivity contribution >= 4 is 15.7 Å². The fourth-order valence-electron chi connectivity index (χ4n) is 1.65. The van der Waals surface area contributed by atoms with Crippen molar-refractivity contribution < 1.29 is 12.8 Å². The van der Waals surface area contributed by atoms with Crippen LogP contribution in [-0.4, -0.2) is 20.7 Å². The topological polar surface area (TPSA) is 37.4 Å². The molecule has 0 radical (unpaired) electrons. The quantitative estimate of drug-likeness (QED) is 0.815. The maximum absolute atomic E-state index is 13.1. The summed E-state index contributed by atoms with van der Waals surface area (Å²) in [5.41, 5.74) is 1.18. The number of aryl methyl sites for hydroxylation is 1. The summed E-state index contributed by atoms with van der Waals surface area (Å²) in [7, 11) is -1.81. The molecule has 0 heterocycles. The molecule has 1 fully saturated rings. The van der Waals surface area contributed by atoms with Crippen molar-refractivity contribution in [1.82, 2.24) is 0 Å². The van der Waals surface area contributed by atoms with Gasteiger partial charge < -0.3 is 0 Å². The van der Waals surface area contributed by atoms with Gasteiger partial charge in [-0.25, -0.2) is 12.8 Å². The van der Waals surface area contributed by atoms with Gasteiger partial charge in [0.2, 0.25) is 10.0 Å². The predicted molar refractivity (Wildman–Crippen MR) is 61.5 cm³/mol. The van der Waals surface area contributed by atoms with Crippen molar-refractivity contribution in [2.75, 3.05) is 11.4 Å². The molecule has 2 rings (SSSR count). The molecule has 1 aromatic rings. The van der Waals surface area contributed by atoms with Gasteiger partial charge in [0.1, 0.15) is 5.82 Å². The van der Waals surface area contributed by atoms with E-state index < -0.39 is 15.8 Å². The summed E-state index contributed by atoms with van der Waals surface area (Å²) in [5.74, 6) is -0.418. The number of hydrogen-bond acceptors (Lipinski definition) is 2. The molecule has 0 amide bonds. The molecule has 1 aliphatic carbocycles. The van der Waals surface area contributed by atoms with Gasteiger partial charge in [0.05, 0.1) is 10.9 Å². The van der Waals surface area contributed by atoms with Gasteiger partial charge in [-0.1, -0.05) is 6.07 Å². The van der Waals surface area contributed by atoms with Gasteiger partial charge in [-0.2, -0.15) is 0 Å². The number of sulfonamides is 1. The highest BCUT2D eigenvalue weighted by atomic mass is 32.2. The zero-order valence-corrected chi connectivity index (χ0v) is 10.1. The number of nitrogens with zero attached hydrogens (tertiary/aromatic N) is 1. The SMILES string of the molecule is Cc1ccc(F)cc1N(C)S(=O)(=O)C1CC1. The smallest absolute Gasteiger partial charge is 0.237 e. The molecule has 1 saturated carbocycles. The molecule has 0 aromatic heterocycles. The lowest BCUT2D eigenvalue weighted by Gasteiger charge is -2.21. The van der Waals surface area contributed by atoms with E-state index >= 15 is 0 Å². The van der Waals surface area contributed by atoms with Crippen molar-refractivity contribution in [2.45, 2.75) is 25.0 Å². The molecule has 16 heavy (non-hydrogen) atoms. The van der Waals surface area contributed by atoms with E-state index in [9.17, 15) is 12.8 Å². The first-order valence-electron chi connectivity index (χ1n) is 5.17. The summed E-state index contributed by atoms with van der Waals surface area (Å²) in [6.45, 7) is 1.77. The summed E-state index contributed by atoms with van der Waals surface area (Å²) in [6.07, 6.45) is 1.42. The molecule has 0 unspecified atom stereocenters. The Morgan fingerprint density at radius 3 is 2.56 bits per heavy atom. The predicted octanol–water partition coefficient (Wildman–Crippen LogP) is 2.06. The molecule has 1 aliphatic rings. The Hall–Kier alpha value is -1.10. The van der Waals surface area contributed by atoms with Crippen LogP contribution in [0.1, 0.15) is 18.4 Å². The molecule has 88 valence electrons. The van der Waals surface area contributed by atoms with Gasteiger partial charge in [-0.3, -0.25) is 4.31 Å². The average Bonchev–Trinajstić information content (AvgIpc) is 3.04. The van der Waals surface area contributed by atoms with E-state index in [0.717, 1.165) is 5.56 Å². The highest BCUT2D eigenvalue weighted by molar-refractivity contribution is 7.93. The third-order valence-electron chi connectivity index (χ3n) is 2.84. The van der Waals surface area contributed by atoms with Gasteiger partial charge >= 0.3 is 0 Å². The van der Waals surface area contributed by atoms with Crippen LogP contribution in [0.15, 0.2) is 18.2 Å². The number of rotatable bonds is 3. The normalized spacial score (nSPS) is 16.2. The van der Waals surface area contributed by atoms with Crippen molar-refractivity contribution in [1.29, 1.82) is 0 Å². The van der Waals surface area contributed by atoms with Crippen molar-refractivity contribution in [2.24, 2.45) is 0 Å². The van der Waals surface area contributed by atoms with Gasteiger partial charge in [0, 0.05) is 7.05 Å². The second-order valence-electron chi connectivity index (χ2n) is 4.14. The molecule has 0 saturated heterocycles. The van der Waals surface area contributed by atoms with Gasteiger partial charge in [0.25, 0.3) is 0 Å². The maximum Gasteiger partial charge on any atom is 0.237 e. The van der Waals surface area contributed by atoms with E-state index in [4.69, 9.17) is 0 Å². The first-order chi connectivity index (χ1) is 7.43. The van der Waals surface area contributed by atoms with Crippen molar-refractivity contribution in [3.05, 3.63) is 29.6 Å². The summed E-state index contributed by atoms with van der Waals surface area (Å²) in [4.78, 5) is 0. The minimum Gasteiger partial charge on any atom is -0.273 e. The lowest BCUT2D eigenvalue weighted by Crippen LogP contribution is -2.30. The molecule has 0 bridgehead atoms.